The molecule has 0 spiro atoms. The monoisotopic (exact) mass is 300 g/mol. The molecule has 0 amide bonds. The summed E-state index contributed by atoms with van der Waals surface area (Å²) in [5, 5.41) is 2.20. The molecule has 2 nitrogen and oxygen atoms in total. The van der Waals surface area contributed by atoms with Gasteiger partial charge in [-0.05, 0) is 12.1 Å². The summed E-state index contributed by atoms with van der Waals surface area (Å²) < 4.78 is 11.8. The van der Waals surface area contributed by atoms with Crippen LogP contribution in [-0.2, 0) is 0 Å². The fraction of sp³-hybridized carbons (Fsp3) is 0.0476. The van der Waals surface area contributed by atoms with Gasteiger partial charge in [-0.2, -0.15) is 0 Å². The maximum Gasteiger partial charge on any atom is 0.146 e. The van der Waals surface area contributed by atoms with Crippen LogP contribution in [0.4, 0.5) is 0 Å². The van der Waals surface area contributed by atoms with Crippen molar-refractivity contribution >= 4 is 10.8 Å². The van der Waals surface area contributed by atoms with E-state index in [4.69, 9.17) is 9.15 Å². The molecule has 0 atom stereocenters. The van der Waals surface area contributed by atoms with Crippen molar-refractivity contribution in [2.75, 3.05) is 7.11 Å². The summed E-state index contributed by atoms with van der Waals surface area (Å²) in [5.41, 5.74) is 2.04. The topological polar surface area (TPSA) is 22.4 Å². The molecule has 0 aliphatic heterocycles. The highest BCUT2D eigenvalue weighted by Gasteiger charge is 2.18. The number of ether oxygens (including phenoxy) is 1. The minimum Gasteiger partial charge on any atom is -0.496 e. The second-order valence-corrected chi connectivity index (χ2v) is 5.37. The highest BCUT2D eigenvalue weighted by atomic mass is 16.5. The average molecular weight is 300 g/mol. The van der Waals surface area contributed by atoms with Crippen molar-refractivity contribution in [1.29, 1.82) is 0 Å². The van der Waals surface area contributed by atoms with Gasteiger partial charge in [-0.3, -0.25) is 0 Å². The van der Waals surface area contributed by atoms with E-state index in [1.165, 1.54) is 0 Å². The molecule has 3 aromatic carbocycles. The third-order valence-electron chi connectivity index (χ3n) is 4.01. The van der Waals surface area contributed by atoms with Gasteiger partial charge < -0.3 is 9.15 Å². The molecule has 4 aromatic rings. The van der Waals surface area contributed by atoms with Gasteiger partial charge >= 0.3 is 0 Å². The van der Waals surface area contributed by atoms with E-state index in [2.05, 4.69) is 24.3 Å². The average Bonchev–Trinajstić information content (AvgIpc) is 3.02. The summed E-state index contributed by atoms with van der Waals surface area (Å²) >= 11 is 0. The Bertz CT molecular complexity index is 952. The normalized spacial score (nSPS) is 10.8. The summed E-state index contributed by atoms with van der Waals surface area (Å²) in [5.74, 6) is 2.55. The zero-order valence-electron chi connectivity index (χ0n) is 12.8. The van der Waals surface area contributed by atoms with E-state index in [0.29, 0.717) is 0 Å². The van der Waals surface area contributed by atoms with Gasteiger partial charge in [0.15, 0.2) is 0 Å². The van der Waals surface area contributed by atoms with Crippen molar-refractivity contribution in [2.24, 2.45) is 0 Å². The van der Waals surface area contributed by atoms with Crippen LogP contribution < -0.4 is 4.74 Å². The van der Waals surface area contributed by atoms with E-state index in [-0.39, 0.29) is 0 Å². The summed E-state index contributed by atoms with van der Waals surface area (Å²) in [6.07, 6.45) is 0. The number of fused-ring (bicyclic) bond motifs is 1. The molecule has 0 fully saturated rings. The van der Waals surface area contributed by atoms with E-state index in [9.17, 15) is 0 Å². The summed E-state index contributed by atoms with van der Waals surface area (Å²) in [6, 6.07) is 26.4. The molecule has 0 saturated carbocycles. The van der Waals surface area contributed by atoms with Crippen molar-refractivity contribution in [2.45, 2.75) is 0 Å². The van der Waals surface area contributed by atoms with Crippen molar-refractivity contribution in [1.82, 2.24) is 0 Å². The first-order valence-corrected chi connectivity index (χ1v) is 7.59. The van der Waals surface area contributed by atoms with E-state index in [0.717, 1.165) is 39.2 Å². The number of hydrogen-bond acceptors (Lipinski definition) is 2. The molecule has 2 heteroatoms. The molecule has 112 valence electrons. The second-order valence-electron chi connectivity index (χ2n) is 5.37. The smallest absolute Gasteiger partial charge is 0.146 e. The number of benzene rings is 3. The third-order valence-corrected chi connectivity index (χ3v) is 4.01. The zero-order valence-corrected chi connectivity index (χ0v) is 12.8. The summed E-state index contributed by atoms with van der Waals surface area (Å²) in [4.78, 5) is 0. The standard InChI is InChI=1S/C21H16O2/c1-22-19-14-8-7-13-18(19)21-17-12-6-5-11-16(17)20(23-21)15-9-3-2-4-10-15/h2-14H,1H3. The SMILES string of the molecule is COc1ccccc1-c1oc(-c2ccccc2)c2ccccc12. The number of furan rings is 1. The van der Waals surface area contributed by atoms with Crippen LogP contribution in [0.15, 0.2) is 83.3 Å². The van der Waals surface area contributed by atoms with Crippen LogP contribution in [0.3, 0.4) is 0 Å². The van der Waals surface area contributed by atoms with Gasteiger partial charge in [-0.15, -0.1) is 0 Å². The van der Waals surface area contributed by atoms with Gasteiger partial charge in [-0.25, -0.2) is 0 Å². The zero-order chi connectivity index (χ0) is 15.6. The van der Waals surface area contributed by atoms with E-state index in [1.807, 2.05) is 54.6 Å². The Kier molecular flexibility index (Phi) is 3.35. The highest BCUT2D eigenvalue weighted by molar-refractivity contribution is 6.03. The predicted molar refractivity (Wildman–Crippen MR) is 93.6 cm³/mol. The number of para-hydroxylation sites is 1. The summed E-state index contributed by atoms with van der Waals surface area (Å²) in [7, 11) is 1.68. The van der Waals surface area contributed by atoms with E-state index < -0.39 is 0 Å². The minimum absolute atomic E-state index is 0.812. The van der Waals surface area contributed by atoms with Crippen LogP contribution in [0.5, 0.6) is 5.75 Å². The van der Waals surface area contributed by atoms with E-state index >= 15 is 0 Å². The molecular weight excluding hydrogens is 284 g/mol. The van der Waals surface area contributed by atoms with Gasteiger partial charge in [0.25, 0.3) is 0 Å². The molecule has 4 rings (SSSR count). The lowest BCUT2D eigenvalue weighted by atomic mass is 10.0. The summed E-state index contributed by atoms with van der Waals surface area (Å²) in [6.45, 7) is 0. The molecule has 0 bridgehead atoms. The fourth-order valence-corrected chi connectivity index (χ4v) is 2.93. The molecule has 0 radical (unpaired) electrons. The largest absolute Gasteiger partial charge is 0.496 e. The first kappa shape index (κ1) is 13.6. The molecule has 0 saturated heterocycles. The van der Waals surface area contributed by atoms with Gasteiger partial charge in [0.1, 0.15) is 17.3 Å². The van der Waals surface area contributed by atoms with Crippen molar-refractivity contribution in [3.05, 3.63) is 78.9 Å². The van der Waals surface area contributed by atoms with Gasteiger partial charge in [0.2, 0.25) is 0 Å². The van der Waals surface area contributed by atoms with Crippen LogP contribution in [0.25, 0.3) is 33.4 Å². The number of hydrogen-bond donors (Lipinski definition) is 0. The van der Waals surface area contributed by atoms with Crippen molar-refractivity contribution in [3.8, 4) is 28.4 Å². The second kappa shape index (κ2) is 5.65. The lowest BCUT2D eigenvalue weighted by molar-refractivity contribution is 0.415. The first-order chi connectivity index (χ1) is 11.4. The molecule has 0 N–H and O–H groups in total. The first-order valence-electron chi connectivity index (χ1n) is 7.59. The molecular formula is C21H16O2. The predicted octanol–water partition coefficient (Wildman–Crippen LogP) is 5.78. The van der Waals surface area contributed by atoms with Crippen LogP contribution in [0, 0.1) is 0 Å². The van der Waals surface area contributed by atoms with Crippen LogP contribution in [-0.4, -0.2) is 7.11 Å². The highest BCUT2D eigenvalue weighted by Crippen LogP contribution is 2.41. The Labute approximate surface area is 135 Å². The Morgan fingerprint density at radius 2 is 1.26 bits per heavy atom. The lowest BCUT2D eigenvalue weighted by Crippen LogP contribution is -1.86. The van der Waals surface area contributed by atoms with E-state index in [1.54, 1.807) is 7.11 Å². The van der Waals surface area contributed by atoms with Gasteiger partial charge in [0.05, 0.1) is 12.7 Å². The van der Waals surface area contributed by atoms with Crippen LogP contribution in [0.2, 0.25) is 0 Å². The Hall–Kier alpha value is -3.00. The fourth-order valence-electron chi connectivity index (χ4n) is 2.93. The maximum absolute atomic E-state index is 6.30. The van der Waals surface area contributed by atoms with Crippen LogP contribution in [0.1, 0.15) is 0 Å². The minimum atomic E-state index is 0.812. The molecule has 1 aromatic heterocycles. The third kappa shape index (κ3) is 2.29. The molecule has 1 heterocycles. The Balaban J connectivity index is 2.02. The van der Waals surface area contributed by atoms with Crippen LogP contribution >= 0.6 is 0 Å². The molecule has 0 aliphatic rings. The van der Waals surface area contributed by atoms with Gasteiger partial charge in [0, 0.05) is 16.3 Å². The molecule has 23 heavy (non-hydrogen) atoms. The quantitative estimate of drug-likeness (QED) is 0.479. The van der Waals surface area contributed by atoms with Crippen molar-refractivity contribution in [3.63, 3.8) is 0 Å². The number of rotatable bonds is 3. The Morgan fingerprint density at radius 1 is 0.652 bits per heavy atom. The molecule has 0 unspecified atom stereocenters. The lowest BCUT2D eigenvalue weighted by Gasteiger charge is -2.05. The van der Waals surface area contributed by atoms with Gasteiger partial charge in [-0.1, -0.05) is 66.7 Å². The number of methoxy groups -OCH3 is 1. The Morgan fingerprint density at radius 3 is 2.00 bits per heavy atom. The molecule has 0 aliphatic carbocycles. The maximum atomic E-state index is 6.30. The van der Waals surface area contributed by atoms with Crippen molar-refractivity contribution < 1.29 is 9.15 Å².